The van der Waals surface area contributed by atoms with Crippen LogP contribution in [0.1, 0.15) is 11.1 Å². The highest BCUT2D eigenvalue weighted by Gasteiger charge is 2.09. The molecule has 0 spiro atoms. The molecule has 1 atom stereocenters. The molecule has 0 heterocycles. The maximum absolute atomic E-state index is 9.93. The van der Waals surface area contributed by atoms with Crippen LogP contribution in [0, 0.1) is 13.8 Å². The Bertz CT molecular complexity index is 598. The Hall–Kier alpha value is -2.20. The molecule has 112 valence electrons. The van der Waals surface area contributed by atoms with Gasteiger partial charge < -0.3 is 20.3 Å². The summed E-state index contributed by atoms with van der Waals surface area (Å²) in [4.78, 5) is 0. The first-order valence-electron chi connectivity index (χ1n) is 6.91. The summed E-state index contributed by atoms with van der Waals surface area (Å²) >= 11 is 0. The van der Waals surface area contributed by atoms with E-state index in [1.807, 2.05) is 44.2 Å². The number of hydrogen-bond donors (Lipinski definition) is 2. The second-order valence-corrected chi connectivity index (χ2v) is 5.08. The second kappa shape index (κ2) is 6.99. The van der Waals surface area contributed by atoms with E-state index in [9.17, 15) is 5.11 Å². The lowest BCUT2D eigenvalue weighted by molar-refractivity contribution is 0.0626. The molecule has 0 amide bonds. The number of nitrogen functional groups attached to an aromatic ring is 1. The lowest BCUT2D eigenvalue weighted by Gasteiger charge is -2.15. The van der Waals surface area contributed by atoms with Gasteiger partial charge in [0.25, 0.3) is 0 Å². The molecule has 21 heavy (non-hydrogen) atoms. The SMILES string of the molecule is Cc1ccc(C)c(OCC(O)COc2ccccc2N)c1. The molecule has 0 aliphatic carbocycles. The molecule has 1 unspecified atom stereocenters. The topological polar surface area (TPSA) is 64.7 Å². The van der Waals surface area contributed by atoms with Crippen LogP contribution >= 0.6 is 0 Å². The highest BCUT2D eigenvalue weighted by atomic mass is 16.5. The summed E-state index contributed by atoms with van der Waals surface area (Å²) < 4.78 is 11.1. The molecule has 0 saturated heterocycles. The second-order valence-electron chi connectivity index (χ2n) is 5.08. The highest BCUT2D eigenvalue weighted by Crippen LogP contribution is 2.21. The predicted molar refractivity (Wildman–Crippen MR) is 83.8 cm³/mol. The zero-order chi connectivity index (χ0) is 15.2. The molecular weight excluding hydrogens is 266 g/mol. The van der Waals surface area contributed by atoms with Gasteiger partial charge in [-0.2, -0.15) is 0 Å². The van der Waals surface area contributed by atoms with Crippen LogP contribution in [0.15, 0.2) is 42.5 Å². The predicted octanol–water partition coefficient (Wildman–Crippen LogP) is 2.70. The van der Waals surface area contributed by atoms with Crippen molar-refractivity contribution in [2.75, 3.05) is 18.9 Å². The fourth-order valence-electron chi connectivity index (χ4n) is 1.89. The van der Waals surface area contributed by atoms with Crippen molar-refractivity contribution in [3.05, 3.63) is 53.6 Å². The molecule has 2 aromatic carbocycles. The van der Waals surface area contributed by atoms with Crippen LogP contribution in [-0.2, 0) is 0 Å². The lowest BCUT2D eigenvalue weighted by Crippen LogP contribution is -2.25. The Morgan fingerprint density at radius 1 is 1.00 bits per heavy atom. The molecule has 4 nitrogen and oxygen atoms in total. The van der Waals surface area contributed by atoms with Crippen LogP contribution in [0.5, 0.6) is 11.5 Å². The minimum atomic E-state index is -0.718. The van der Waals surface area contributed by atoms with E-state index in [1.165, 1.54) is 0 Å². The van der Waals surface area contributed by atoms with E-state index in [0.29, 0.717) is 11.4 Å². The Morgan fingerprint density at radius 2 is 1.67 bits per heavy atom. The van der Waals surface area contributed by atoms with E-state index >= 15 is 0 Å². The summed E-state index contributed by atoms with van der Waals surface area (Å²) in [6, 6.07) is 13.2. The maximum Gasteiger partial charge on any atom is 0.142 e. The third-order valence-corrected chi connectivity index (χ3v) is 3.13. The van der Waals surface area contributed by atoms with Crippen molar-refractivity contribution in [1.29, 1.82) is 0 Å². The number of hydrogen-bond acceptors (Lipinski definition) is 4. The number of rotatable bonds is 6. The van der Waals surface area contributed by atoms with Crippen molar-refractivity contribution in [2.45, 2.75) is 20.0 Å². The van der Waals surface area contributed by atoms with Crippen molar-refractivity contribution >= 4 is 5.69 Å². The van der Waals surface area contributed by atoms with E-state index in [-0.39, 0.29) is 13.2 Å². The molecule has 0 radical (unpaired) electrons. The number of nitrogens with two attached hydrogens (primary N) is 1. The number of aryl methyl sites for hydroxylation is 2. The number of aliphatic hydroxyl groups excluding tert-OH is 1. The van der Waals surface area contributed by atoms with Crippen LogP contribution in [-0.4, -0.2) is 24.4 Å². The van der Waals surface area contributed by atoms with Crippen LogP contribution in [0.2, 0.25) is 0 Å². The van der Waals surface area contributed by atoms with Crippen molar-refractivity contribution in [2.24, 2.45) is 0 Å². The van der Waals surface area contributed by atoms with E-state index in [4.69, 9.17) is 15.2 Å². The molecule has 0 saturated carbocycles. The smallest absolute Gasteiger partial charge is 0.142 e. The number of benzene rings is 2. The molecule has 2 rings (SSSR count). The highest BCUT2D eigenvalue weighted by molar-refractivity contribution is 5.51. The molecule has 0 aromatic heterocycles. The van der Waals surface area contributed by atoms with Crippen LogP contribution in [0.25, 0.3) is 0 Å². The molecule has 0 bridgehead atoms. The van der Waals surface area contributed by atoms with Gasteiger partial charge in [0.15, 0.2) is 0 Å². The average Bonchev–Trinajstić information content (AvgIpc) is 2.47. The zero-order valence-electron chi connectivity index (χ0n) is 12.4. The average molecular weight is 287 g/mol. The van der Waals surface area contributed by atoms with Crippen LogP contribution < -0.4 is 15.2 Å². The van der Waals surface area contributed by atoms with Gasteiger partial charge in [-0.3, -0.25) is 0 Å². The van der Waals surface area contributed by atoms with E-state index in [0.717, 1.165) is 16.9 Å². The number of para-hydroxylation sites is 2. The first-order chi connectivity index (χ1) is 10.1. The van der Waals surface area contributed by atoms with Gasteiger partial charge in [0, 0.05) is 0 Å². The Balaban J connectivity index is 1.84. The maximum atomic E-state index is 9.93. The summed E-state index contributed by atoms with van der Waals surface area (Å²) in [7, 11) is 0. The minimum absolute atomic E-state index is 0.138. The Kier molecular flexibility index (Phi) is 5.06. The standard InChI is InChI=1S/C17H21NO3/c1-12-7-8-13(2)17(9-12)21-11-14(19)10-20-16-6-4-3-5-15(16)18/h3-9,14,19H,10-11,18H2,1-2H3. The van der Waals surface area contributed by atoms with E-state index < -0.39 is 6.10 Å². The molecular formula is C17H21NO3. The van der Waals surface area contributed by atoms with Gasteiger partial charge in [-0.25, -0.2) is 0 Å². The normalized spacial score (nSPS) is 12.0. The van der Waals surface area contributed by atoms with Crippen molar-refractivity contribution < 1.29 is 14.6 Å². The fourth-order valence-corrected chi connectivity index (χ4v) is 1.89. The van der Waals surface area contributed by atoms with Crippen molar-refractivity contribution in [3.63, 3.8) is 0 Å². The largest absolute Gasteiger partial charge is 0.490 e. The number of ether oxygens (including phenoxy) is 2. The number of aliphatic hydroxyl groups is 1. The van der Waals surface area contributed by atoms with Gasteiger partial charge in [0.2, 0.25) is 0 Å². The van der Waals surface area contributed by atoms with Gasteiger partial charge in [-0.05, 0) is 43.2 Å². The molecule has 0 aliphatic rings. The summed E-state index contributed by atoms with van der Waals surface area (Å²) in [5, 5.41) is 9.93. The third-order valence-electron chi connectivity index (χ3n) is 3.13. The van der Waals surface area contributed by atoms with E-state index in [2.05, 4.69) is 0 Å². The van der Waals surface area contributed by atoms with Crippen molar-refractivity contribution in [3.8, 4) is 11.5 Å². The lowest BCUT2D eigenvalue weighted by atomic mass is 10.1. The molecule has 0 aliphatic heterocycles. The minimum Gasteiger partial charge on any atom is -0.490 e. The summed E-state index contributed by atoms with van der Waals surface area (Å²) in [5.74, 6) is 1.36. The van der Waals surface area contributed by atoms with Gasteiger partial charge in [0.05, 0.1) is 5.69 Å². The molecule has 4 heteroatoms. The molecule has 3 N–H and O–H groups in total. The van der Waals surface area contributed by atoms with Gasteiger partial charge >= 0.3 is 0 Å². The third kappa shape index (κ3) is 4.39. The monoisotopic (exact) mass is 287 g/mol. The first-order valence-corrected chi connectivity index (χ1v) is 6.91. The number of anilines is 1. The van der Waals surface area contributed by atoms with Gasteiger partial charge in [0.1, 0.15) is 30.8 Å². The first kappa shape index (κ1) is 15.2. The Morgan fingerprint density at radius 3 is 2.38 bits per heavy atom. The van der Waals surface area contributed by atoms with E-state index in [1.54, 1.807) is 12.1 Å². The van der Waals surface area contributed by atoms with Gasteiger partial charge in [-0.15, -0.1) is 0 Å². The quantitative estimate of drug-likeness (QED) is 0.802. The van der Waals surface area contributed by atoms with Crippen LogP contribution in [0.4, 0.5) is 5.69 Å². The molecule has 2 aromatic rings. The Labute approximate surface area is 125 Å². The molecule has 0 fully saturated rings. The summed E-state index contributed by atoms with van der Waals surface area (Å²) in [6.07, 6.45) is -0.718. The van der Waals surface area contributed by atoms with Crippen molar-refractivity contribution in [1.82, 2.24) is 0 Å². The summed E-state index contributed by atoms with van der Waals surface area (Å²) in [5.41, 5.74) is 8.49. The fraction of sp³-hybridized carbons (Fsp3) is 0.294. The van der Waals surface area contributed by atoms with Gasteiger partial charge in [-0.1, -0.05) is 24.3 Å². The zero-order valence-corrected chi connectivity index (χ0v) is 12.4. The summed E-state index contributed by atoms with van der Waals surface area (Å²) in [6.45, 7) is 4.29. The van der Waals surface area contributed by atoms with Crippen LogP contribution in [0.3, 0.4) is 0 Å².